The topological polar surface area (TPSA) is 79.2 Å². The minimum absolute atomic E-state index is 0.408. The molecule has 0 amide bonds. The van der Waals surface area contributed by atoms with Gasteiger partial charge in [0, 0.05) is 6.54 Å². The average Bonchev–Trinajstić information content (AvgIpc) is 2.46. The summed E-state index contributed by atoms with van der Waals surface area (Å²) in [5, 5.41) is 17.4. The number of benzene rings is 1. The van der Waals surface area contributed by atoms with E-state index in [4.69, 9.17) is 0 Å². The van der Waals surface area contributed by atoms with Crippen LogP contribution in [-0.4, -0.2) is 38.8 Å². The fourth-order valence-electron chi connectivity index (χ4n) is 2.42. The Labute approximate surface area is 110 Å². The number of rotatable bonds is 2. The molecule has 98 valence electrons. The molecule has 0 radical (unpaired) electrons. The van der Waals surface area contributed by atoms with Gasteiger partial charge in [-0.2, -0.15) is 0 Å². The highest BCUT2D eigenvalue weighted by molar-refractivity contribution is 5.79. The normalized spacial score (nSPS) is 19.6. The predicted molar refractivity (Wildman–Crippen MR) is 70.0 cm³/mol. The van der Waals surface area contributed by atoms with E-state index in [0.717, 1.165) is 23.9 Å². The van der Waals surface area contributed by atoms with Gasteiger partial charge in [-0.25, -0.2) is 9.78 Å². The van der Waals surface area contributed by atoms with Crippen LogP contribution in [-0.2, 0) is 4.79 Å². The van der Waals surface area contributed by atoms with Crippen LogP contribution in [0.5, 0.6) is 0 Å². The summed E-state index contributed by atoms with van der Waals surface area (Å²) >= 11 is 0. The van der Waals surface area contributed by atoms with Crippen molar-refractivity contribution in [3.63, 3.8) is 0 Å². The number of carboxylic acids is 1. The zero-order chi connectivity index (χ0) is 13.2. The van der Waals surface area contributed by atoms with E-state index >= 15 is 0 Å². The Morgan fingerprint density at radius 2 is 2.00 bits per heavy atom. The molecule has 1 fully saturated rings. The molecule has 0 spiro atoms. The number of carboxylic acid groups (broad SMARTS) is 1. The van der Waals surface area contributed by atoms with E-state index in [1.165, 1.54) is 0 Å². The third kappa shape index (κ3) is 2.21. The van der Waals surface area contributed by atoms with Crippen molar-refractivity contribution in [1.82, 2.24) is 15.2 Å². The van der Waals surface area contributed by atoms with E-state index in [9.17, 15) is 9.90 Å². The van der Waals surface area contributed by atoms with Gasteiger partial charge >= 0.3 is 5.97 Å². The second-order valence-electron chi connectivity index (χ2n) is 4.64. The van der Waals surface area contributed by atoms with E-state index in [1.807, 2.05) is 24.3 Å². The monoisotopic (exact) mass is 258 g/mol. The molecular weight excluding hydrogens is 244 g/mol. The number of carbonyl (C=O) groups is 1. The number of aromatic nitrogens is 3. The molecule has 0 saturated carbocycles. The first-order chi connectivity index (χ1) is 9.25. The van der Waals surface area contributed by atoms with Crippen LogP contribution in [0, 0.1) is 0 Å². The summed E-state index contributed by atoms with van der Waals surface area (Å²) < 4.78 is 0. The molecule has 2 heterocycles. The summed E-state index contributed by atoms with van der Waals surface area (Å²) in [5.41, 5.74) is 1.46. The molecule has 1 saturated heterocycles. The number of para-hydroxylation sites is 1. The first-order valence-electron chi connectivity index (χ1n) is 6.34. The van der Waals surface area contributed by atoms with Gasteiger partial charge in [0.2, 0.25) is 5.95 Å². The van der Waals surface area contributed by atoms with Crippen LogP contribution in [0.4, 0.5) is 5.95 Å². The summed E-state index contributed by atoms with van der Waals surface area (Å²) in [6, 6.07) is 6.90. The van der Waals surface area contributed by atoms with Crippen LogP contribution in [0.3, 0.4) is 0 Å². The van der Waals surface area contributed by atoms with Gasteiger partial charge in [-0.1, -0.05) is 12.1 Å². The van der Waals surface area contributed by atoms with Crippen LogP contribution in [0.1, 0.15) is 19.3 Å². The molecular formula is C13H14N4O2. The van der Waals surface area contributed by atoms with Crippen molar-refractivity contribution in [2.24, 2.45) is 0 Å². The molecule has 1 aliphatic rings. The Morgan fingerprint density at radius 3 is 2.79 bits per heavy atom. The summed E-state index contributed by atoms with van der Waals surface area (Å²) in [5.74, 6) is -0.415. The standard InChI is InChI=1S/C13H14N4O2/c18-12(19)11-7-3-4-8-17(11)13-14-9-5-1-2-6-10(9)15-16-13/h1-2,5-6,11H,3-4,7-8H2,(H,18,19). The molecule has 1 aromatic heterocycles. The maximum Gasteiger partial charge on any atom is 0.326 e. The third-order valence-electron chi connectivity index (χ3n) is 3.39. The smallest absolute Gasteiger partial charge is 0.326 e. The molecule has 6 heteroatoms. The van der Waals surface area contributed by atoms with Crippen LogP contribution in [0.25, 0.3) is 11.0 Å². The van der Waals surface area contributed by atoms with Crippen LogP contribution in [0.15, 0.2) is 24.3 Å². The number of fused-ring (bicyclic) bond motifs is 1. The average molecular weight is 258 g/mol. The van der Waals surface area contributed by atoms with Gasteiger partial charge in [0.15, 0.2) is 0 Å². The fraction of sp³-hybridized carbons (Fsp3) is 0.385. The van der Waals surface area contributed by atoms with Crippen molar-refractivity contribution in [3.8, 4) is 0 Å². The molecule has 1 aliphatic heterocycles. The summed E-state index contributed by atoms with van der Waals surface area (Å²) in [6.45, 7) is 0.664. The lowest BCUT2D eigenvalue weighted by atomic mass is 10.0. The van der Waals surface area contributed by atoms with Gasteiger partial charge in [-0.15, -0.1) is 10.2 Å². The van der Waals surface area contributed by atoms with Gasteiger partial charge in [0.25, 0.3) is 0 Å². The van der Waals surface area contributed by atoms with Crippen LogP contribution >= 0.6 is 0 Å². The van der Waals surface area contributed by atoms with Gasteiger partial charge in [-0.3, -0.25) is 0 Å². The number of anilines is 1. The molecule has 1 unspecified atom stereocenters. The minimum atomic E-state index is -0.823. The van der Waals surface area contributed by atoms with E-state index < -0.39 is 12.0 Å². The van der Waals surface area contributed by atoms with E-state index in [1.54, 1.807) is 4.90 Å². The van der Waals surface area contributed by atoms with Crippen molar-refractivity contribution >= 4 is 23.0 Å². The third-order valence-corrected chi connectivity index (χ3v) is 3.39. The first kappa shape index (κ1) is 11.8. The maximum absolute atomic E-state index is 11.3. The highest BCUT2D eigenvalue weighted by atomic mass is 16.4. The van der Waals surface area contributed by atoms with Gasteiger partial charge in [0.05, 0.1) is 5.52 Å². The number of nitrogens with zero attached hydrogens (tertiary/aromatic N) is 4. The van der Waals surface area contributed by atoms with Crippen LogP contribution < -0.4 is 4.90 Å². The highest BCUT2D eigenvalue weighted by Crippen LogP contribution is 2.22. The number of hydrogen-bond donors (Lipinski definition) is 1. The number of hydrogen-bond acceptors (Lipinski definition) is 5. The summed E-state index contributed by atoms with van der Waals surface area (Å²) in [7, 11) is 0. The Morgan fingerprint density at radius 1 is 1.21 bits per heavy atom. The molecule has 0 aliphatic carbocycles. The highest BCUT2D eigenvalue weighted by Gasteiger charge is 2.30. The summed E-state index contributed by atoms with van der Waals surface area (Å²) in [6.07, 6.45) is 2.51. The van der Waals surface area contributed by atoms with Crippen molar-refractivity contribution in [3.05, 3.63) is 24.3 Å². The lowest BCUT2D eigenvalue weighted by Crippen LogP contribution is -2.45. The van der Waals surface area contributed by atoms with E-state index in [0.29, 0.717) is 18.9 Å². The second kappa shape index (κ2) is 4.79. The second-order valence-corrected chi connectivity index (χ2v) is 4.64. The SMILES string of the molecule is O=C(O)C1CCCCN1c1nnc2ccccc2n1. The molecule has 1 N–H and O–H groups in total. The zero-order valence-corrected chi connectivity index (χ0v) is 10.4. The van der Waals surface area contributed by atoms with Crippen LogP contribution in [0.2, 0.25) is 0 Å². The lowest BCUT2D eigenvalue weighted by Gasteiger charge is -2.32. The molecule has 19 heavy (non-hydrogen) atoms. The summed E-state index contributed by atoms with van der Waals surface area (Å²) in [4.78, 5) is 17.4. The van der Waals surface area contributed by atoms with Crippen molar-refractivity contribution in [1.29, 1.82) is 0 Å². The molecule has 0 bridgehead atoms. The molecule has 1 aromatic carbocycles. The minimum Gasteiger partial charge on any atom is -0.480 e. The molecule has 1 atom stereocenters. The van der Waals surface area contributed by atoms with Crippen molar-refractivity contribution < 1.29 is 9.90 Å². The van der Waals surface area contributed by atoms with E-state index in [-0.39, 0.29) is 0 Å². The Kier molecular flexibility index (Phi) is 2.98. The Balaban J connectivity index is 1.99. The molecule has 2 aromatic rings. The quantitative estimate of drug-likeness (QED) is 0.878. The number of piperidine rings is 1. The molecule has 6 nitrogen and oxygen atoms in total. The largest absolute Gasteiger partial charge is 0.480 e. The number of aliphatic carboxylic acids is 1. The van der Waals surface area contributed by atoms with E-state index in [2.05, 4.69) is 15.2 Å². The lowest BCUT2D eigenvalue weighted by molar-refractivity contribution is -0.139. The zero-order valence-electron chi connectivity index (χ0n) is 10.4. The van der Waals surface area contributed by atoms with Crippen molar-refractivity contribution in [2.45, 2.75) is 25.3 Å². The Bertz CT molecular complexity index is 616. The fourth-order valence-corrected chi connectivity index (χ4v) is 2.42. The van der Waals surface area contributed by atoms with Gasteiger partial charge in [-0.05, 0) is 31.4 Å². The predicted octanol–water partition coefficient (Wildman–Crippen LogP) is 1.47. The first-order valence-corrected chi connectivity index (χ1v) is 6.34. The Hall–Kier alpha value is -2.24. The maximum atomic E-state index is 11.3. The molecule has 3 rings (SSSR count). The van der Waals surface area contributed by atoms with Gasteiger partial charge in [0.1, 0.15) is 11.6 Å². The van der Waals surface area contributed by atoms with Gasteiger partial charge < -0.3 is 10.0 Å². The van der Waals surface area contributed by atoms with Crippen molar-refractivity contribution in [2.75, 3.05) is 11.4 Å².